The number of hydrogen-bond acceptors (Lipinski definition) is 0. The van der Waals surface area contributed by atoms with Crippen LogP contribution in [-0.4, -0.2) is 6.16 Å². The molecule has 1 unspecified atom stereocenters. The van der Waals surface area contributed by atoms with E-state index in [2.05, 4.69) is 92.7 Å². The maximum absolute atomic E-state index is 10.7. The summed E-state index contributed by atoms with van der Waals surface area (Å²) in [7, 11) is -12.1. The zero-order chi connectivity index (χ0) is 23.7. The van der Waals surface area contributed by atoms with Gasteiger partial charge in [0.1, 0.15) is 0 Å². The molecule has 0 aromatic heterocycles. The molecule has 1 aliphatic heterocycles. The topological polar surface area (TPSA) is 0 Å². The van der Waals surface area contributed by atoms with Crippen LogP contribution in [0.25, 0.3) is 0 Å². The van der Waals surface area contributed by atoms with Crippen LogP contribution < -0.4 is 10.6 Å². The van der Waals surface area contributed by atoms with Gasteiger partial charge in [0.2, 0.25) is 0 Å². The third kappa shape index (κ3) is 6.80. The SMILES string of the molecule is CCC1C[P+](c2ccccc2)(c2ccccc2)Cc2cc(C)ccc21.F[P-](F)(F)(F)(F)F. The monoisotopic (exact) mass is 490 g/mol. The standard InChI is InChI=1S/C24H26P.F6P/c1-3-20-17-25(22-10-6-4-7-11-22,23-12-8-5-9-13-23)18-21-16-19(2)14-15-24(20)21;1-7(2,3,4,5)6/h4-16,20H,3,17-18H2,1-2H3;/q+1;-1. The van der Waals surface area contributed by atoms with E-state index >= 15 is 0 Å². The average Bonchev–Trinajstić information content (AvgIpc) is 2.71. The van der Waals surface area contributed by atoms with Crippen LogP contribution in [0.3, 0.4) is 0 Å². The van der Waals surface area contributed by atoms with E-state index < -0.39 is 15.1 Å². The Labute approximate surface area is 185 Å². The van der Waals surface area contributed by atoms with E-state index in [0.717, 1.165) is 0 Å². The van der Waals surface area contributed by atoms with Crippen LogP contribution in [-0.2, 0) is 6.16 Å². The van der Waals surface area contributed by atoms with Gasteiger partial charge in [0, 0.05) is 5.92 Å². The average molecular weight is 490 g/mol. The molecule has 32 heavy (non-hydrogen) atoms. The molecule has 0 amide bonds. The summed E-state index contributed by atoms with van der Waals surface area (Å²) in [5.74, 6) is 0.665. The van der Waals surface area contributed by atoms with E-state index in [1.165, 1.54) is 24.3 Å². The molecule has 0 fully saturated rings. The molecule has 0 N–H and O–H groups in total. The quantitative estimate of drug-likeness (QED) is 0.254. The molecule has 8 heteroatoms. The first kappa shape index (κ1) is 24.7. The van der Waals surface area contributed by atoms with Crippen LogP contribution in [0.1, 0.15) is 36.0 Å². The molecule has 0 spiro atoms. The van der Waals surface area contributed by atoms with E-state index in [1.54, 1.807) is 21.7 Å². The number of aryl methyl sites for hydroxylation is 1. The van der Waals surface area contributed by atoms with Gasteiger partial charge in [0.05, 0.1) is 30.2 Å². The molecule has 0 saturated carbocycles. The molecule has 1 heterocycles. The Hall–Kier alpha value is -1.90. The van der Waals surface area contributed by atoms with Crippen LogP contribution in [0, 0.1) is 6.92 Å². The number of hydrogen-bond donors (Lipinski definition) is 0. The second-order valence-electron chi connectivity index (χ2n) is 8.25. The van der Waals surface area contributed by atoms with Gasteiger partial charge >= 0.3 is 33.0 Å². The van der Waals surface area contributed by atoms with Crippen LogP contribution in [0.2, 0.25) is 0 Å². The van der Waals surface area contributed by atoms with Crippen molar-refractivity contribution in [2.24, 2.45) is 0 Å². The fraction of sp³-hybridized carbons (Fsp3) is 0.250. The number of benzene rings is 3. The molecule has 1 atom stereocenters. The van der Waals surface area contributed by atoms with Crippen molar-refractivity contribution in [1.29, 1.82) is 0 Å². The van der Waals surface area contributed by atoms with Gasteiger partial charge in [-0.1, -0.05) is 67.1 Å². The van der Waals surface area contributed by atoms with E-state index in [4.69, 9.17) is 0 Å². The summed E-state index contributed by atoms with van der Waals surface area (Å²) >= 11 is 0. The van der Waals surface area contributed by atoms with Gasteiger partial charge in [0.25, 0.3) is 0 Å². The zero-order valence-electron chi connectivity index (χ0n) is 17.9. The number of fused-ring (bicyclic) bond motifs is 1. The predicted molar refractivity (Wildman–Crippen MR) is 125 cm³/mol. The second kappa shape index (κ2) is 8.15. The molecule has 0 bridgehead atoms. The molecule has 3 aromatic rings. The summed E-state index contributed by atoms with van der Waals surface area (Å²) in [5, 5.41) is 3.12. The zero-order valence-corrected chi connectivity index (χ0v) is 19.7. The van der Waals surface area contributed by atoms with Crippen LogP contribution in [0.5, 0.6) is 0 Å². The fourth-order valence-corrected chi connectivity index (χ4v) is 9.18. The molecule has 4 rings (SSSR count). The summed E-state index contributed by atoms with van der Waals surface area (Å²) in [5.41, 5.74) is 4.56. The van der Waals surface area contributed by atoms with Gasteiger partial charge in [-0.2, -0.15) is 0 Å². The van der Waals surface area contributed by atoms with Gasteiger partial charge in [-0.3, -0.25) is 0 Å². The van der Waals surface area contributed by atoms with Crippen molar-refractivity contribution in [3.8, 4) is 0 Å². The van der Waals surface area contributed by atoms with Crippen molar-refractivity contribution in [3.63, 3.8) is 0 Å². The number of halogens is 6. The molecule has 0 saturated heterocycles. The Kier molecular flexibility index (Phi) is 6.30. The molecule has 0 aliphatic carbocycles. The first-order chi connectivity index (χ1) is 14.7. The molecule has 1 aliphatic rings. The molecule has 0 radical (unpaired) electrons. The van der Waals surface area contributed by atoms with Crippen molar-refractivity contribution in [3.05, 3.63) is 95.6 Å². The van der Waals surface area contributed by atoms with E-state index in [9.17, 15) is 25.2 Å². The molecule has 3 aromatic carbocycles. The Bertz CT molecular complexity index is 1010. The maximum atomic E-state index is 9.87. The summed E-state index contributed by atoms with van der Waals surface area (Å²) in [6.45, 7) is 4.57. The first-order valence-electron chi connectivity index (χ1n) is 10.3. The normalized spacial score (nSPS) is 19.6. The summed E-state index contributed by atoms with van der Waals surface area (Å²) < 4.78 is 59.2. The molecule has 174 valence electrons. The summed E-state index contributed by atoms with van der Waals surface area (Å²) in [6, 6.07) is 29.7. The Morgan fingerprint density at radius 1 is 0.781 bits per heavy atom. The van der Waals surface area contributed by atoms with Gasteiger partial charge in [0.15, 0.2) is 0 Å². The van der Waals surface area contributed by atoms with Crippen molar-refractivity contribution in [2.45, 2.75) is 32.3 Å². The first-order valence-corrected chi connectivity index (χ1v) is 14.5. The van der Waals surface area contributed by atoms with Gasteiger partial charge in [-0.05, 0) is 48.7 Å². The van der Waals surface area contributed by atoms with Crippen molar-refractivity contribution >= 4 is 25.7 Å². The van der Waals surface area contributed by atoms with Crippen molar-refractivity contribution in [2.75, 3.05) is 6.16 Å². The Morgan fingerprint density at radius 2 is 1.25 bits per heavy atom. The Balaban J connectivity index is 0.000000360. The summed E-state index contributed by atoms with van der Waals surface area (Å²) in [4.78, 5) is 0. The van der Waals surface area contributed by atoms with Gasteiger partial charge in [-0.15, -0.1) is 0 Å². The number of rotatable bonds is 3. The third-order valence-corrected chi connectivity index (χ3v) is 10.2. The van der Waals surface area contributed by atoms with Crippen molar-refractivity contribution in [1.82, 2.24) is 0 Å². The minimum atomic E-state index is -10.7. The molecular weight excluding hydrogens is 464 g/mol. The summed E-state index contributed by atoms with van der Waals surface area (Å²) in [6.07, 6.45) is 3.72. The van der Waals surface area contributed by atoms with Crippen LogP contribution >= 0.6 is 15.1 Å². The van der Waals surface area contributed by atoms with Crippen LogP contribution in [0.4, 0.5) is 25.2 Å². The van der Waals surface area contributed by atoms with Gasteiger partial charge in [-0.25, -0.2) is 0 Å². The van der Waals surface area contributed by atoms with Gasteiger partial charge < -0.3 is 0 Å². The van der Waals surface area contributed by atoms with Crippen molar-refractivity contribution < 1.29 is 25.2 Å². The van der Waals surface area contributed by atoms with E-state index in [0.29, 0.717) is 5.92 Å². The van der Waals surface area contributed by atoms with E-state index in [1.807, 2.05) is 0 Å². The second-order valence-corrected chi connectivity index (χ2v) is 13.8. The Morgan fingerprint density at radius 3 is 1.69 bits per heavy atom. The minimum absolute atomic E-state index is 0.665. The van der Waals surface area contributed by atoms with Crippen LogP contribution in [0.15, 0.2) is 78.9 Å². The predicted octanol–water partition coefficient (Wildman–Crippen LogP) is 9.05. The van der Waals surface area contributed by atoms with E-state index in [-0.39, 0.29) is 0 Å². The molecule has 0 nitrogen and oxygen atoms in total. The third-order valence-electron chi connectivity index (χ3n) is 5.70. The molecular formula is C24H26F6P2. The fourth-order valence-electron chi connectivity index (χ4n) is 4.42.